The van der Waals surface area contributed by atoms with Crippen LogP contribution in [-0.4, -0.2) is 22.0 Å². The summed E-state index contributed by atoms with van der Waals surface area (Å²) in [7, 11) is 1.96. The van der Waals surface area contributed by atoms with E-state index in [2.05, 4.69) is 51.5 Å². The maximum absolute atomic E-state index is 4.37. The van der Waals surface area contributed by atoms with Crippen molar-refractivity contribution in [1.29, 1.82) is 0 Å². The van der Waals surface area contributed by atoms with Crippen LogP contribution in [0.5, 0.6) is 0 Å². The third-order valence-corrected chi connectivity index (χ3v) is 3.76. The molecule has 1 aromatic heterocycles. The molecule has 0 aliphatic rings. The summed E-state index contributed by atoms with van der Waals surface area (Å²) in [6, 6.07) is 8.38. The zero-order chi connectivity index (χ0) is 13.8. The first-order chi connectivity index (χ1) is 9.21. The summed E-state index contributed by atoms with van der Waals surface area (Å²) < 4.78 is 2.98. The highest BCUT2D eigenvalue weighted by Crippen LogP contribution is 2.22. The average molecular weight is 323 g/mol. The van der Waals surface area contributed by atoms with Gasteiger partial charge in [0.15, 0.2) is 0 Å². The molecule has 0 spiro atoms. The van der Waals surface area contributed by atoms with Crippen molar-refractivity contribution in [3.8, 4) is 5.69 Å². The predicted molar refractivity (Wildman–Crippen MR) is 80.5 cm³/mol. The second-order valence-corrected chi connectivity index (χ2v) is 5.33. The number of aromatic nitrogens is 3. The van der Waals surface area contributed by atoms with Gasteiger partial charge in [0.1, 0.15) is 5.69 Å². The summed E-state index contributed by atoms with van der Waals surface area (Å²) in [5.74, 6) is 0. The monoisotopic (exact) mass is 322 g/mol. The summed E-state index contributed by atoms with van der Waals surface area (Å²) in [5.41, 5.74) is 3.25. The first-order valence-corrected chi connectivity index (χ1v) is 7.38. The van der Waals surface area contributed by atoms with Crippen molar-refractivity contribution >= 4 is 15.9 Å². The van der Waals surface area contributed by atoms with Gasteiger partial charge in [0, 0.05) is 4.47 Å². The van der Waals surface area contributed by atoms with Gasteiger partial charge in [-0.25, -0.2) is 4.68 Å². The number of nitrogens with one attached hydrogen (secondary N) is 1. The molecule has 1 aromatic carbocycles. The fraction of sp³-hybridized carbons (Fsp3) is 0.429. The van der Waals surface area contributed by atoms with E-state index in [4.69, 9.17) is 0 Å². The maximum Gasteiger partial charge on any atom is 0.103 e. The van der Waals surface area contributed by atoms with Gasteiger partial charge in [-0.3, -0.25) is 0 Å². The molecule has 0 fully saturated rings. The first kappa shape index (κ1) is 14.2. The lowest BCUT2D eigenvalue weighted by Crippen LogP contribution is -2.17. The van der Waals surface area contributed by atoms with Crippen molar-refractivity contribution < 1.29 is 0 Å². The van der Waals surface area contributed by atoms with E-state index in [1.54, 1.807) is 0 Å². The molecular formula is C14H19BrN4. The molecule has 1 unspecified atom stereocenters. The van der Waals surface area contributed by atoms with Crippen LogP contribution in [0.3, 0.4) is 0 Å². The Hall–Kier alpha value is -1.20. The van der Waals surface area contributed by atoms with E-state index in [1.807, 2.05) is 29.9 Å². The van der Waals surface area contributed by atoms with E-state index >= 15 is 0 Å². The molecule has 5 heteroatoms. The van der Waals surface area contributed by atoms with E-state index in [0.29, 0.717) is 0 Å². The van der Waals surface area contributed by atoms with Gasteiger partial charge in [-0.2, -0.15) is 0 Å². The molecule has 0 saturated heterocycles. The van der Waals surface area contributed by atoms with Gasteiger partial charge in [-0.1, -0.05) is 41.1 Å². The van der Waals surface area contributed by atoms with Gasteiger partial charge in [0.25, 0.3) is 0 Å². The molecule has 2 rings (SSSR count). The smallest absolute Gasteiger partial charge is 0.103 e. The lowest BCUT2D eigenvalue weighted by molar-refractivity contribution is 0.555. The molecule has 102 valence electrons. The van der Waals surface area contributed by atoms with Crippen molar-refractivity contribution in [2.24, 2.45) is 0 Å². The van der Waals surface area contributed by atoms with Crippen molar-refractivity contribution in [3.05, 3.63) is 40.1 Å². The number of halogens is 1. The second-order valence-electron chi connectivity index (χ2n) is 4.42. The Kier molecular flexibility index (Phi) is 4.71. The molecule has 0 bridgehead atoms. The van der Waals surface area contributed by atoms with Crippen molar-refractivity contribution in [3.63, 3.8) is 0 Å². The van der Waals surface area contributed by atoms with Crippen LogP contribution in [0.2, 0.25) is 0 Å². The molecule has 4 nitrogen and oxygen atoms in total. The molecule has 1 N–H and O–H groups in total. The van der Waals surface area contributed by atoms with Crippen LogP contribution in [0.15, 0.2) is 28.7 Å². The van der Waals surface area contributed by atoms with Crippen molar-refractivity contribution in [2.45, 2.75) is 32.7 Å². The maximum atomic E-state index is 4.37. The number of nitrogens with zero attached hydrogens (tertiary/aromatic N) is 3. The standard InChI is InChI=1S/C14H19BrN4/c1-4-12(16-3)14-13(5-2)19(18-17-14)11-8-6-7-10(15)9-11/h6-9,12,16H,4-5H2,1-3H3. The Morgan fingerprint density at radius 3 is 2.74 bits per heavy atom. The highest BCUT2D eigenvalue weighted by molar-refractivity contribution is 9.10. The Bertz CT molecular complexity index is 546. The molecule has 0 radical (unpaired) electrons. The minimum atomic E-state index is 0.260. The summed E-state index contributed by atoms with van der Waals surface area (Å²) in [5, 5.41) is 12.0. The van der Waals surface area contributed by atoms with Gasteiger partial charge in [-0.05, 0) is 38.1 Å². The van der Waals surface area contributed by atoms with E-state index in [0.717, 1.165) is 28.7 Å². The Balaban J connectivity index is 2.48. The summed E-state index contributed by atoms with van der Waals surface area (Å²) >= 11 is 3.50. The van der Waals surface area contributed by atoms with Crippen LogP contribution >= 0.6 is 15.9 Å². The molecule has 1 atom stereocenters. The van der Waals surface area contributed by atoms with Crippen LogP contribution < -0.4 is 5.32 Å². The lowest BCUT2D eigenvalue weighted by Gasteiger charge is -2.13. The second kappa shape index (κ2) is 6.30. The molecule has 0 saturated carbocycles. The molecule has 0 aliphatic carbocycles. The van der Waals surface area contributed by atoms with Crippen molar-refractivity contribution in [1.82, 2.24) is 20.3 Å². The molecule has 0 aliphatic heterocycles. The highest BCUT2D eigenvalue weighted by Gasteiger charge is 2.18. The summed E-state index contributed by atoms with van der Waals surface area (Å²) in [6.45, 7) is 4.29. The van der Waals surface area contributed by atoms with Gasteiger partial charge in [-0.15, -0.1) is 5.10 Å². The Morgan fingerprint density at radius 1 is 1.37 bits per heavy atom. The minimum Gasteiger partial charge on any atom is -0.312 e. The number of hydrogen-bond donors (Lipinski definition) is 1. The normalized spacial score (nSPS) is 12.6. The van der Waals surface area contributed by atoms with Gasteiger partial charge >= 0.3 is 0 Å². The SMILES string of the molecule is CCc1c(C(CC)NC)nnn1-c1cccc(Br)c1. The van der Waals surface area contributed by atoms with Crippen LogP contribution in [0, 0.1) is 0 Å². The Labute approximate surface area is 122 Å². The first-order valence-electron chi connectivity index (χ1n) is 6.58. The number of benzene rings is 1. The Morgan fingerprint density at radius 2 is 2.16 bits per heavy atom. The van der Waals surface area contributed by atoms with E-state index < -0.39 is 0 Å². The fourth-order valence-electron chi connectivity index (χ4n) is 2.26. The average Bonchev–Trinajstić information content (AvgIpc) is 2.84. The predicted octanol–water partition coefficient (Wildman–Crippen LogP) is 3.26. The molecule has 19 heavy (non-hydrogen) atoms. The third kappa shape index (κ3) is 2.87. The van der Waals surface area contributed by atoms with Gasteiger partial charge in [0.05, 0.1) is 17.4 Å². The zero-order valence-corrected chi connectivity index (χ0v) is 13.1. The topological polar surface area (TPSA) is 42.7 Å². The van der Waals surface area contributed by atoms with Crippen LogP contribution in [0.25, 0.3) is 5.69 Å². The van der Waals surface area contributed by atoms with Gasteiger partial charge < -0.3 is 5.32 Å². The zero-order valence-electron chi connectivity index (χ0n) is 11.5. The van der Waals surface area contributed by atoms with Crippen LogP contribution in [0.4, 0.5) is 0 Å². The van der Waals surface area contributed by atoms with E-state index in [9.17, 15) is 0 Å². The minimum absolute atomic E-state index is 0.260. The summed E-state index contributed by atoms with van der Waals surface area (Å²) in [6.07, 6.45) is 1.91. The van der Waals surface area contributed by atoms with Crippen LogP contribution in [-0.2, 0) is 6.42 Å². The molecular weight excluding hydrogens is 304 g/mol. The lowest BCUT2D eigenvalue weighted by atomic mass is 10.1. The quantitative estimate of drug-likeness (QED) is 0.918. The number of hydrogen-bond acceptors (Lipinski definition) is 3. The fourth-order valence-corrected chi connectivity index (χ4v) is 2.65. The van der Waals surface area contributed by atoms with Gasteiger partial charge in [0.2, 0.25) is 0 Å². The van der Waals surface area contributed by atoms with E-state index in [1.165, 1.54) is 5.69 Å². The summed E-state index contributed by atoms with van der Waals surface area (Å²) in [4.78, 5) is 0. The van der Waals surface area contributed by atoms with E-state index in [-0.39, 0.29) is 6.04 Å². The number of rotatable bonds is 5. The highest BCUT2D eigenvalue weighted by atomic mass is 79.9. The van der Waals surface area contributed by atoms with Crippen LogP contribution in [0.1, 0.15) is 37.7 Å². The molecule has 2 aromatic rings. The molecule has 0 amide bonds. The third-order valence-electron chi connectivity index (χ3n) is 3.27. The largest absolute Gasteiger partial charge is 0.312 e. The molecule has 1 heterocycles. The van der Waals surface area contributed by atoms with Crippen molar-refractivity contribution in [2.75, 3.05) is 7.05 Å².